The lowest BCUT2D eigenvalue weighted by atomic mass is 10.1. The molecule has 0 radical (unpaired) electrons. The molecule has 0 aromatic carbocycles. The number of imidazole rings is 1. The van der Waals surface area contributed by atoms with Crippen molar-refractivity contribution in [2.75, 3.05) is 13.6 Å². The highest BCUT2D eigenvalue weighted by Crippen LogP contribution is 2.16. The van der Waals surface area contributed by atoms with Gasteiger partial charge in [0.05, 0.1) is 5.52 Å². The van der Waals surface area contributed by atoms with Crippen LogP contribution in [0.5, 0.6) is 0 Å². The Bertz CT molecular complexity index is 989. The number of likely N-dealkylation sites (N-methyl/N-ethyl adjacent to an activating group) is 1. The first kappa shape index (κ1) is 19.5. The van der Waals surface area contributed by atoms with Gasteiger partial charge in [-0.05, 0) is 57.0 Å². The number of aromatic nitrogens is 3. The molecule has 146 valence electrons. The van der Waals surface area contributed by atoms with Crippen molar-refractivity contribution in [2.24, 2.45) is 0 Å². The van der Waals surface area contributed by atoms with Crippen LogP contribution < -0.4 is 5.32 Å². The van der Waals surface area contributed by atoms with Crippen LogP contribution in [0.4, 0.5) is 0 Å². The first-order valence-electron chi connectivity index (χ1n) is 9.20. The van der Waals surface area contributed by atoms with Crippen LogP contribution in [0.25, 0.3) is 5.52 Å². The molecule has 0 aliphatic carbocycles. The van der Waals surface area contributed by atoms with Crippen molar-refractivity contribution in [3.8, 4) is 0 Å². The Morgan fingerprint density at radius 2 is 1.86 bits per heavy atom. The molecule has 0 saturated heterocycles. The highest BCUT2D eigenvalue weighted by Gasteiger charge is 2.25. The first-order valence-corrected chi connectivity index (χ1v) is 9.20. The monoisotopic (exact) mass is 379 g/mol. The summed E-state index contributed by atoms with van der Waals surface area (Å²) < 4.78 is 1.67. The van der Waals surface area contributed by atoms with Crippen molar-refractivity contribution in [1.82, 2.24) is 24.6 Å². The zero-order valence-corrected chi connectivity index (χ0v) is 16.6. The van der Waals surface area contributed by atoms with Gasteiger partial charge >= 0.3 is 0 Å². The van der Waals surface area contributed by atoms with Gasteiger partial charge in [-0.2, -0.15) is 0 Å². The summed E-state index contributed by atoms with van der Waals surface area (Å²) >= 11 is 0. The molecule has 7 nitrogen and oxygen atoms in total. The van der Waals surface area contributed by atoms with Crippen LogP contribution in [-0.4, -0.2) is 50.2 Å². The van der Waals surface area contributed by atoms with E-state index < -0.39 is 5.54 Å². The minimum absolute atomic E-state index is 0.229. The van der Waals surface area contributed by atoms with E-state index in [1.54, 1.807) is 41.0 Å². The Kier molecular flexibility index (Phi) is 5.44. The van der Waals surface area contributed by atoms with Crippen LogP contribution in [0.1, 0.15) is 47.4 Å². The molecule has 0 spiro atoms. The van der Waals surface area contributed by atoms with E-state index in [9.17, 15) is 9.59 Å². The number of rotatable bonds is 5. The van der Waals surface area contributed by atoms with E-state index >= 15 is 0 Å². The molecule has 0 aliphatic rings. The minimum Gasteiger partial charge on any atom is -0.346 e. The van der Waals surface area contributed by atoms with Crippen LogP contribution >= 0.6 is 0 Å². The molecule has 3 aromatic heterocycles. The Morgan fingerprint density at radius 3 is 2.54 bits per heavy atom. The van der Waals surface area contributed by atoms with Crippen LogP contribution in [0.2, 0.25) is 0 Å². The lowest BCUT2D eigenvalue weighted by molar-refractivity contribution is 0.0784. The van der Waals surface area contributed by atoms with Gasteiger partial charge < -0.3 is 10.2 Å². The summed E-state index contributed by atoms with van der Waals surface area (Å²) in [6, 6.07) is 9.29. The summed E-state index contributed by atoms with van der Waals surface area (Å²) in [5.41, 5.74) is 1.57. The fourth-order valence-electron chi connectivity index (χ4n) is 2.87. The number of carbonyl (C=O) groups excluding carboxylic acids is 2. The normalized spacial score (nSPS) is 11.4. The molecule has 0 bridgehead atoms. The Labute approximate surface area is 164 Å². The van der Waals surface area contributed by atoms with Crippen LogP contribution in [0.3, 0.4) is 0 Å². The maximum atomic E-state index is 13.0. The molecule has 0 fully saturated rings. The third-order valence-electron chi connectivity index (χ3n) is 4.28. The number of nitrogens with one attached hydrogen (secondary N) is 1. The summed E-state index contributed by atoms with van der Waals surface area (Å²) in [5, 5.41) is 2.91. The van der Waals surface area contributed by atoms with Crippen molar-refractivity contribution in [3.63, 3.8) is 0 Å². The molecule has 0 unspecified atom stereocenters. The SMILES string of the molecule is CN(CCc1ccncc1)C(=O)c1nc(C(=O)NC(C)(C)C)c2ccccn12. The molecule has 3 heterocycles. The number of pyridine rings is 2. The van der Waals surface area contributed by atoms with Crippen LogP contribution in [0, 0.1) is 0 Å². The second-order valence-corrected chi connectivity index (χ2v) is 7.78. The molecule has 7 heteroatoms. The van der Waals surface area contributed by atoms with E-state index in [1.165, 1.54) is 0 Å². The second kappa shape index (κ2) is 7.80. The molecule has 0 atom stereocenters. The van der Waals surface area contributed by atoms with Crippen LogP contribution in [-0.2, 0) is 6.42 Å². The fraction of sp³-hybridized carbons (Fsp3) is 0.333. The van der Waals surface area contributed by atoms with E-state index in [4.69, 9.17) is 0 Å². The Balaban J connectivity index is 1.85. The molecule has 0 saturated carbocycles. The average Bonchev–Trinajstić information content (AvgIpc) is 3.05. The molecular weight excluding hydrogens is 354 g/mol. The molecule has 1 N–H and O–H groups in total. The van der Waals surface area contributed by atoms with Crippen molar-refractivity contribution < 1.29 is 9.59 Å². The predicted molar refractivity (Wildman–Crippen MR) is 107 cm³/mol. The van der Waals surface area contributed by atoms with Gasteiger partial charge in [0.1, 0.15) is 0 Å². The maximum Gasteiger partial charge on any atom is 0.290 e. The molecule has 28 heavy (non-hydrogen) atoms. The van der Waals surface area contributed by atoms with Gasteiger partial charge in [-0.25, -0.2) is 4.98 Å². The number of hydrogen-bond donors (Lipinski definition) is 1. The molecule has 3 aromatic rings. The van der Waals surface area contributed by atoms with Gasteiger partial charge in [0.25, 0.3) is 11.8 Å². The van der Waals surface area contributed by atoms with E-state index in [0.717, 1.165) is 5.56 Å². The zero-order chi connectivity index (χ0) is 20.3. The lowest BCUT2D eigenvalue weighted by Gasteiger charge is -2.19. The van der Waals surface area contributed by atoms with Crippen molar-refractivity contribution >= 4 is 17.3 Å². The third-order valence-corrected chi connectivity index (χ3v) is 4.28. The fourth-order valence-corrected chi connectivity index (χ4v) is 2.87. The summed E-state index contributed by atoms with van der Waals surface area (Å²) in [7, 11) is 1.74. The highest BCUT2D eigenvalue weighted by molar-refractivity contribution is 6.02. The highest BCUT2D eigenvalue weighted by atomic mass is 16.2. The van der Waals surface area contributed by atoms with E-state index in [2.05, 4.69) is 15.3 Å². The van der Waals surface area contributed by atoms with E-state index in [0.29, 0.717) is 18.5 Å². The Hall–Kier alpha value is -3.22. The van der Waals surface area contributed by atoms with Gasteiger partial charge in [0.15, 0.2) is 5.69 Å². The van der Waals surface area contributed by atoms with E-state index in [1.807, 2.05) is 45.0 Å². The standard InChI is InChI=1S/C21H25N5O2/c1-21(2,3)24-19(27)17-16-7-5-6-13-26(16)18(23-17)20(28)25(4)14-10-15-8-11-22-12-9-15/h5-9,11-13H,10,14H2,1-4H3,(H,24,27). The average molecular weight is 379 g/mol. The third kappa shape index (κ3) is 4.36. The maximum absolute atomic E-state index is 13.0. The summed E-state index contributed by atoms with van der Waals surface area (Å²) in [5.74, 6) is -0.299. The number of hydrogen-bond acceptors (Lipinski definition) is 4. The topological polar surface area (TPSA) is 79.6 Å². The number of fused-ring (bicyclic) bond motifs is 1. The summed E-state index contributed by atoms with van der Waals surface area (Å²) in [4.78, 5) is 35.7. The largest absolute Gasteiger partial charge is 0.346 e. The zero-order valence-electron chi connectivity index (χ0n) is 16.6. The molecular formula is C21H25N5O2. The summed E-state index contributed by atoms with van der Waals surface area (Å²) in [6.45, 7) is 6.25. The van der Waals surface area contributed by atoms with Gasteiger partial charge in [0.2, 0.25) is 5.82 Å². The lowest BCUT2D eigenvalue weighted by Crippen LogP contribution is -2.40. The molecule has 0 aliphatic heterocycles. The van der Waals surface area contributed by atoms with E-state index in [-0.39, 0.29) is 23.3 Å². The minimum atomic E-state index is -0.396. The van der Waals surface area contributed by atoms with Crippen LogP contribution in [0.15, 0.2) is 48.9 Å². The smallest absolute Gasteiger partial charge is 0.290 e. The summed E-state index contributed by atoms with van der Waals surface area (Å²) in [6.07, 6.45) is 5.93. The van der Waals surface area contributed by atoms with Crippen molar-refractivity contribution in [1.29, 1.82) is 0 Å². The van der Waals surface area contributed by atoms with Gasteiger partial charge in [-0.1, -0.05) is 6.07 Å². The number of amides is 2. The quantitative estimate of drug-likeness (QED) is 0.739. The van der Waals surface area contributed by atoms with Gasteiger partial charge in [0, 0.05) is 37.7 Å². The number of nitrogens with zero attached hydrogens (tertiary/aromatic N) is 4. The second-order valence-electron chi connectivity index (χ2n) is 7.78. The van der Waals surface area contributed by atoms with Crippen molar-refractivity contribution in [2.45, 2.75) is 32.7 Å². The van der Waals surface area contributed by atoms with Gasteiger partial charge in [-0.15, -0.1) is 0 Å². The van der Waals surface area contributed by atoms with Crippen molar-refractivity contribution in [3.05, 3.63) is 66.0 Å². The Morgan fingerprint density at radius 1 is 1.14 bits per heavy atom. The van der Waals surface area contributed by atoms with Gasteiger partial charge in [-0.3, -0.25) is 19.0 Å². The number of carbonyl (C=O) groups is 2. The first-order chi connectivity index (χ1) is 13.3. The predicted octanol–water partition coefficient (Wildman–Crippen LogP) is 2.57. The molecule has 3 rings (SSSR count). The molecule has 2 amide bonds.